The van der Waals surface area contributed by atoms with Gasteiger partial charge in [0.05, 0.1) is 5.01 Å². The summed E-state index contributed by atoms with van der Waals surface area (Å²) in [4.78, 5) is 12.3. The first-order chi connectivity index (χ1) is 10.0. The molecule has 0 aliphatic carbocycles. The van der Waals surface area contributed by atoms with Crippen LogP contribution in [-0.2, 0) is 0 Å². The lowest BCUT2D eigenvalue weighted by molar-refractivity contribution is 0.192. The molecule has 21 heavy (non-hydrogen) atoms. The Morgan fingerprint density at radius 1 is 1.29 bits per heavy atom. The Balaban J connectivity index is 1.71. The Morgan fingerprint density at radius 3 is 2.62 bits per heavy atom. The van der Waals surface area contributed by atoms with Crippen molar-refractivity contribution in [3.63, 3.8) is 0 Å². The molecule has 1 aliphatic heterocycles. The van der Waals surface area contributed by atoms with Crippen LogP contribution in [0.1, 0.15) is 62.9 Å². The number of fused-ring (bicyclic) bond motifs is 1. The first kappa shape index (κ1) is 15.0. The summed E-state index contributed by atoms with van der Waals surface area (Å²) < 4.78 is 0. The fraction of sp³-hybridized carbons (Fsp3) is 0.706. The molecule has 0 saturated carbocycles. The van der Waals surface area contributed by atoms with Crippen molar-refractivity contribution in [2.24, 2.45) is 5.92 Å². The van der Waals surface area contributed by atoms with Crippen LogP contribution in [0.4, 0.5) is 0 Å². The predicted molar refractivity (Wildman–Crippen MR) is 91.3 cm³/mol. The van der Waals surface area contributed by atoms with E-state index in [0.29, 0.717) is 11.8 Å². The van der Waals surface area contributed by atoms with Gasteiger partial charge in [0.2, 0.25) is 0 Å². The zero-order valence-corrected chi connectivity index (χ0v) is 14.5. The molecule has 3 rings (SSSR count). The maximum absolute atomic E-state index is 4.97. The maximum Gasteiger partial charge on any atom is 0.121 e. The number of H-pyrrole nitrogens is 1. The van der Waals surface area contributed by atoms with Crippen LogP contribution in [0.3, 0.4) is 0 Å². The molecule has 4 heteroatoms. The summed E-state index contributed by atoms with van der Waals surface area (Å²) >= 11 is 1.87. The highest BCUT2D eigenvalue weighted by Gasteiger charge is 2.24. The number of aromatic amines is 1. The van der Waals surface area contributed by atoms with Gasteiger partial charge in [0, 0.05) is 18.7 Å². The van der Waals surface area contributed by atoms with Crippen molar-refractivity contribution in [2.75, 3.05) is 19.6 Å². The molecule has 0 unspecified atom stereocenters. The monoisotopic (exact) mass is 305 g/mol. The van der Waals surface area contributed by atoms with Crippen molar-refractivity contribution >= 4 is 21.7 Å². The molecule has 2 aromatic rings. The molecular weight excluding hydrogens is 278 g/mol. The summed E-state index contributed by atoms with van der Waals surface area (Å²) in [5.74, 6) is 1.98. The topological polar surface area (TPSA) is 31.9 Å². The highest BCUT2D eigenvalue weighted by atomic mass is 32.1. The van der Waals surface area contributed by atoms with Gasteiger partial charge in [-0.1, -0.05) is 27.7 Å². The molecule has 2 aromatic heterocycles. The van der Waals surface area contributed by atoms with E-state index in [0.717, 1.165) is 5.92 Å². The average molecular weight is 305 g/mol. The van der Waals surface area contributed by atoms with E-state index in [9.17, 15) is 0 Å². The molecule has 3 nitrogen and oxygen atoms in total. The SMILES string of the molecule is CC(C)CN1CCC(c2nc3c(C(C)C)c[nH]c3s2)CC1. The second-order valence-electron chi connectivity index (χ2n) is 7.10. The molecule has 0 amide bonds. The lowest BCUT2D eigenvalue weighted by Crippen LogP contribution is -2.35. The van der Waals surface area contributed by atoms with E-state index in [1.807, 2.05) is 11.3 Å². The van der Waals surface area contributed by atoms with Crippen LogP contribution in [0.15, 0.2) is 6.20 Å². The summed E-state index contributed by atoms with van der Waals surface area (Å²) in [6, 6.07) is 0. The standard InChI is InChI=1S/C17H27N3S/c1-11(2)10-20-7-5-13(6-8-20)16-19-15-14(12(3)4)9-18-17(15)21-16/h9,11-13,18H,5-8,10H2,1-4H3. The molecule has 0 bridgehead atoms. The molecule has 0 radical (unpaired) electrons. The van der Waals surface area contributed by atoms with Crippen LogP contribution in [0.2, 0.25) is 0 Å². The van der Waals surface area contributed by atoms with Gasteiger partial charge < -0.3 is 9.88 Å². The third-order valence-corrected chi connectivity index (χ3v) is 5.61. The van der Waals surface area contributed by atoms with Gasteiger partial charge >= 0.3 is 0 Å². The van der Waals surface area contributed by atoms with Crippen molar-refractivity contribution in [1.82, 2.24) is 14.9 Å². The zero-order chi connectivity index (χ0) is 15.0. The van der Waals surface area contributed by atoms with Crippen molar-refractivity contribution in [3.05, 3.63) is 16.8 Å². The van der Waals surface area contributed by atoms with E-state index >= 15 is 0 Å². The minimum atomic E-state index is 0.543. The molecule has 1 fully saturated rings. The summed E-state index contributed by atoms with van der Waals surface area (Å²) in [5, 5.41) is 1.35. The smallest absolute Gasteiger partial charge is 0.121 e. The highest BCUT2D eigenvalue weighted by Crippen LogP contribution is 2.36. The van der Waals surface area contributed by atoms with Gasteiger partial charge in [-0.25, -0.2) is 4.98 Å². The lowest BCUT2D eigenvalue weighted by Gasteiger charge is -2.32. The second kappa shape index (κ2) is 6.09. The van der Waals surface area contributed by atoms with Gasteiger partial charge in [-0.15, -0.1) is 11.3 Å². The number of aromatic nitrogens is 2. The van der Waals surface area contributed by atoms with E-state index in [1.54, 1.807) is 0 Å². The highest BCUT2D eigenvalue weighted by molar-refractivity contribution is 7.18. The van der Waals surface area contributed by atoms with Gasteiger partial charge in [-0.2, -0.15) is 0 Å². The largest absolute Gasteiger partial charge is 0.351 e. The predicted octanol–water partition coefficient (Wildman–Crippen LogP) is 4.58. The van der Waals surface area contributed by atoms with E-state index in [4.69, 9.17) is 4.98 Å². The van der Waals surface area contributed by atoms with Crippen molar-refractivity contribution < 1.29 is 0 Å². The van der Waals surface area contributed by atoms with Crippen molar-refractivity contribution in [2.45, 2.75) is 52.4 Å². The molecule has 0 spiro atoms. The third-order valence-electron chi connectivity index (χ3n) is 4.46. The van der Waals surface area contributed by atoms with Crippen LogP contribution in [0.25, 0.3) is 10.3 Å². The number of piperidine rings is 1. The Morgan fingerprint density at radius 2 is 2.00 bits per heavy atom. The first-order valence-corrected chi connectivity index (χ1v) is 9.06. The van der Waals surface area contributed by atoms with E-state index in [-0.39, 0.29) is 0 Å². The maximum atomic E-state index is 4.97. The molecule has 0 aromatic carbocycles. The van der Waals surface area contributed by atoms with Gasteiger partial charge in [-0.05, 0) is 43.3 Å². The Hall–Kier alpha value is -0.870. The molecule has 3 heterocycles. The second-order valence-corrected chi connectivity index (χ2v) is 8.13. The van der Waals surface area contributed by atoms with Gasteiger partial charge in [0.15, 0.2) is 0 Å². The van der Waals surface area contributed by atoms with Crippen molar-refractivity contribution in [1.29, 1.82) is 0 Å². The number of likely N-dealkylation sites (tertiary alicyclic amines) is 1. The lowest BCUT2D eigenvalue weighted by atomic mass is 9.97. The third kappa shape index (κ3) is 3.16. The van der Waals surface area contributed by atoms with Crippen molar-refractivity contribution in [3.8, 4) is 0 Å². The van der Waals surface area contributed by atoms with E-state index in [1.165, 1.54) is 53.4 Å². The number of nitrogens with one attached hydrogen (secondary N) is 1. The number of nitrogens with zero attached hydrogens (tertiary/aromatic N) is 2. The molecule has 1 saturated heterocycles. The Bertz CT molecular complexity index is 588. The Labute approximate surface area is 131 Å². The summed E-state index contributed by atoms with van der Waals surface area (Å²) in [7, 11) is 0. The fourth-order valence-corrected chi connectivity index (χ4v) is 4.46. The van der Waals surface area contributed by atoms with Crippen LogP contribution in [0, 0.1) is 5.92 Å². The zero-order valence-electron chi connectivity index (χ0n) is 13.6. The summed E-state index contributed by atoms with van der Waals surface area (Å²) in [5.41, 5.74) is 2.58. The molecule has 0 atom stereocenters. The quantitative estimate of drug-likeness (QED) is 0.896. The van der Waals surface area contributed by atoms with E-state index in [2.05, 4.69) is 43.8 Å². The van der Waals surface area contributed by atoms with Crippen LogP contribution in [-0.4, -0.2) is 34.5 Å². The first-order valence-electron chi connectivity index (χ1n) is 8.24. The molecule has 1 N–H and O–H groups in total. The summed E-state index contributed by atoms with van der Waals surface area (Å²) in [6.45, 7) is 12.8. The number of hydrogen-bond acceptors (Lipinski definition) is 3. The van der Waals surface area contributed by atoms with Gasteiger partial charge in [0.25, 0.3) is 0 Å². The minimum absolute atomic E-state index is 0.543. The average Bonchev–Trinajstić information content (AvgIpc) is 2.98. The number of rotatable bonds is 4. The van der Waals surface area contributed by atoms with Crippen LogP contribution >= 0.6 is 11.3 Å². The van der Waals surface area contributed by atoms with Gasteiger partial charge in [0.1, 0.15) is 10.3 Å². The fourth-order valence-electron chi connectivity index (χ4n) is 3.34. The summed E-state index contributed by atoms with van der Waals surface area (Å²) in [6.07, 6.45) is 4.66. The molecule has 1 aliphatic rings. The van der Waals surface area contributed by atoms with Gasteiger partial charge in [-0.3, -0.25) is 0 Å². The number of thiazole rings is 1. The molecular formula is C17H27N3S. The van der Waals surface area contributed by atoms with E-state index < -0.39 is 0 Å². The Kier molecular flexibility index (Phi) is 4.36. The minimum Gasteiger partial charge on any atom is -0.351 e. The van der Waals surface area contributed by atoms with Crippen LogP contribution < -0.4 is 0 Å². The number of hydrogen-bond donors (Lipinski definition) is 1. The molecule has 116 valence electrons. The normalized spacial score (nSPS) is 18.4. The van der Waals surface area contributed by atoms with Crippen LogP contribution in [0.5, 0.6) is 0 Å².